The van der Waals surface area contributed by atoms with Crippen molar-refractivity contribution < 1.29 is 9.90 Å². The first-order valence-corrected chi connectivity index (χ1v) is 7.85. The number of hydrogen-bond donors (Lipinski definition) is 2. The van der Waals surface area contributed by atoms with Crippen LogP contribution in [-0.2, 0) is 0 Å². The monoisotopic (exact) mass is 292 g/mol. The lowest BCUT2D eigenvalue weighted by Gasteiger charge is -2.30. The van der Waals surface area contributed by atoms with Crippen LogP contribution >= 0.6 is 0 Å². The average molecular weight is 292 g/mol. The van der Waals surface area contributed by atoms with Crippen LogP contribution in [0.25, 0.3) is 0 Å². The standard InChI is InChI=1S/C17H28N2O2/c1-5-14(6-2)19(10-11-20)17(21)15-9-8-13(4)12-16(15)18-7-3/h8-9,12,14,18,20H,5-7,10-11H2,1-4H3. The van der Waals surface area contributed by atoms with Crippen molar-refractivity contribution in [2.45, 2.75) is 46.6 Å². The lowest BCUT2D eigenvalue weighted by atomic mass is 10.0. The molecule has 0 aliphatic rings. The van der Waals surface area contributed by atoms with Gasteiger partial charge in [0.15, 0.2) is 0 Å². The van der Waals surface area contributed by atoms with E-state index in [0.717, 1.165) is 30.6 Å². The molecule has 1 rings (SSSR count). The van der Waals surface area contributed by atoms with Gasteiger partial charge < -0.3 is 15.3 Å². The minimum Gasteiger partial charge on any atom is -0.395 e. The smallest absolute Gasteiger partial charge is 0.256 e. The molecular weight excluding hydrogens is 264 g/mol. The maximum absolute atomic E-state index is 12.9. The number of amides is 1. The highest BCUT2D eigenvalue weighted by Crippen LogP contribution is 2.22. The topological polar surface area (TPSA) is 52.6 Å². The van der Waals surface area contributed by atoms with Crippen molar-refractivity contribution in [1.29, 1.82) is 0 Å². The number of rotatable bonds is 8. The Kier molecular flexibility index (Phi) is 7.23. The van der Waals surface area contributed by atoms with Crippen LogP contribution in [0.3, 0.4) is 0 Å². The van der Waals surface area contributed by atoms with Crippen LogP contribution in [0.5, 0.6) is 0 Å². The van der Waals surface area contributed by atoms with Gasteiger partial charge in [-0.25, -0.2) is 0 Å². The summed E-state index contributed by atoms with van der Waals surface area (Å²) in [6, 6.07) is 6.00. The van der Waals surface area contributed by atoms with Gasteiger partial charge in [0, 0.05) is 24.8 Å². The van der Waals surface area contributed by atoms with Crippen LogP contribution < -0.4 is 5.32 Å². The number of carbonyl (C=O) groups excluding carboxylic acids is 1. The fourth-order valence-corrected chi connectivity index (χ4v) is 2.62. The maximum Gasteiger partial charge on any atom is 0.256 e. The number of aliphatic hydroxyl groups excluding tert-OH is 1. The summed E-state index contributed by atoms with van der Waals surface area (Å²) in [4.78, 5) is 14.7. The van der Waals surface area contributed by atoms with Crippen LogP contribution in [-0.4, -0.2) is 41.7 Å². The molecule has 0 saturated heterocycles. The second-order valence-electron chi connectivity index (χ2n) is 5.27. The summed E-state index contributed by atoms with van der Waals surface area (Å²) >= 11 is 0. The Hall–Kier alpha value is -1.55. The number of aryl methyl sites for hydroxylation is 1. The van der Waals surface area contributed by atoms with Crippen molar-refractivity contribution in [2.75, 3.05) is 25.0 Å². The summed E-state index contributed by atoms with van der Waals surface area (Å²) in [5, 5.41) is 12.5. The molecule has 0 bridgehead atoms. The number of hydrogen-bond acceptors (Lipinski definition) is 3. The van der Waals surface area contributed by atoms with Gasteiger partial charge in [-0.05, 0) is 44.4 Å². The van der Waals surface area contributed by atoms with Crippen LogP contribution in [0.1, 0.15) is 49.5 Å². The number of carbonyl (C=O) groups is 1. The molecule has 0 unspecified atom stereocenters. The van der Waals surface area contributed by atoms with Gasteiger partial charge in [-0.1, -0.05) is 19.9 Å². The van der Waals surface area contributed by atoms with E-state index in [9.17, 15) is 9.90 Å². The largest absolute Gasteiger partial charge is 0.395 e. The SMILES string of the molecule is CCNc1cc(C)ccc1C(=O)N(CCO)C(CC)CC. The molecule has 21 heavy (non-hydrogen) atoms. The van der Waals surface area contributed by atoms with E-state index in [1.54, 1.807) is 4.90 Å². The third-order valence-electron chi connectivity index (χ3n) is 3.76. The van der Waals surface area contributed by atoms with Gasteiger partial charge in [0.2, 0.25) is 0 Å². The van der Waals surface area contributed by atoms with Gasteiger partial charge in [-0.2, -0.15) is 0 Å². The van der Waals surface area contributed by atoms with Gasteiger partial charge >= 0.3 is 0 Å². The predicted molar refractivity (Wildman–Crippen MR) is 87.8 cm³/mol. The zero-order valence-corrected chi connectivity index (χ0v) is 13.6. The Morgan fingerprint density at radius 2 is 1.95 bits per heavy atom. The Morgan fingerprint density at radius 3 is 2.48 bits per heavy atom. The number of aliphatic hydroxyl groups is 1. The molecule has 0 heterocycles. The Labute approximate surface area is 128 Å². The van der Waals surface area contributed by atoms with Crippen LogP contribution in [0, 0.1) is 6.92 Å². The Morgan fingerprint density at radius 1 is 1.29 bits per heavy atom. The van der Waals surface area contributed by atoms with Gasteiger partial charge in [0.25, 0.3) is 5.91 Å². The van der Waals surface area contributed by atoms with Crippen molar-refractivity contribution in [1.82, 2.24) is 4.90 Å². The maximum atomic E-state index is 12.9. The van der Waals surface area contributed by atoms with E-state index >= 15 is 0 Å². The molecular formula is C17H28N2O2. The second-order valence-corrected chi connectivity index (χ2v) is 5.27. The predicted octanol–water partition coefficient (Wildman–Crippen LogP) is 3.05. The van der Waals surface area contributed by atoms with Crippen molar-refractivity contribution in [2.24, 2.45) is 0 Å². The molecule has 1 aromatic rings. The number of nitrogens with one attached hydrogen (secondary N) is 1. The first kappa shape index (κ1) is 17.5. The van der Waals surface area contributed by atoms with Crippen molar-refractivity contribution in [3.63, 3.8) is 0 Å². The molecule has 118 valence electrons. The van der Waals surface area contributed by atoms with E-state index in [2.05, 4.69) is 19.2 Å². The minimum absolute atomic E-state index is 0.00583. The van der Waals surface area contributed by atoms with Gasteiger partial charge in [-0.15, -0.1) is 0 Å². The van der Waals surface area contributed by atoms with Crippen LogP contribution in [0.15, 0.2) is 18.2 Å². The van der Waals surface area contributed by atoms with Gasteiger partial charge in [-0.3, -0.25) is 4.79 Å². The summed E-state index contributed by atoms with van der Waals surface area (Å²) in [7, 11) is 0. The van der Waals surface area contributed by atoms with Gasteiger partial charge in [0.05, 0.1) is 12.2 Å². The lowest BCUT2D eigenvalue weighted by molar-refractivity contribution is 0.0623. The van der Waals surface area contributed by atoms with Gasteiger partial charge in [0.1, 0.15) is 0 Å². The highest BCUT2D eigenvalue weighted by Gasteiger charge is 2.23. The second kappa shape index (κ2) is 8.67. The molecule has 0 saturated carbocycles. The zero-order chi connectivity index (χ0) is 15.8. The molecule has 0 aromatic heterocycles. The lowest BCUT2D eigenvalue weighted by Crippen LogP contribution is -2.41. The summed E-state index contributed by atoms with van der Waals surface area (Å²) in [6.45, 7) is 9.33. The Balaban J connectivity index is 3.13. The van der Waals surface area contributed by atoms with E-state index in [1.165, 1.54) is 0 Å². The quantitative estimate of drug-likeness (QED) is 0.774. The zero-order valence-electron chi connectivity index (χ0n) is 13.6. The van der Waals surface area contributed by atoms with Crippen molar-refractivity contribution in [3.05, 3.63) is 29.3 Å². The normalized spacial score (nSPS) is 10.8. The summed E-state index contributed by atoms with van der Waals surface area (Å²) in [5.74, 6) is -0.00583. The third kappa shape index (κ3) is 4.46. The van der Waals surface area contributed by atoms with E-state index < -0.39 is 0 Å². The molecule has 0 fully saturated rings. The molecule has 2 N–H and O–H groups in total. The summed E-state index contributed by atoms with van der Waals surface area (Å²) in [5.41, 5.74) is 2.68. The minimum atomic E-state index is -0.00928. The first-order chi connectivity index (χ1) is 10.1. The average Bonchev–Trinajstić information content (AvgIpc) is 2.47. The highest BCUT2D eigenvalue weighted by atomic mass is 16.3. The first-order valence-electron chi connectivity index (χ1n) is 7.85. The summed E-state index contributed by atoms with van der Waals surface area (Å²) in [6.07, 6.45) is 1.79. The van der Waals surface area contributed by atoms with Crippen LogP contribution in [0.4, 0.5) is 5.69 Å². The molecule has 0 spiro atoms. The van der Waals surface area contributed by atoms with E-state index in [0.29, 0.717) is 12.1 Å². The van der Waals surface area contributed by atoms with E-state index in [1.807, 2.05) is 32.0 Å². The van der Waals surface area contributed by atoms with Crippen molar-refractivity contribution >= 4 is 11.6 Å². The summed E-state index contributed by atoms with van der Waals surface area (Å²) < 4.78 is 0. The molecule has 0 aliphatic carbocycles. The molecule has 0 radical (unpaired) electrons. The molecule has 4 nitrogen and oxygen atoms in total. The Bertz CT molecular complexity index is 456. The van der Waals surface area contributed by atoms with E-state index in [-0.39, 0.29) is 18.6 Å². The molecule has 4 heteroatoms. The number of anilines is 1. The molecule has 1 aromatic carbocycles. The van der Waals surface area contributed by atoms with Crippen molar-refractivity contribution in [3.8, 4) is 0 Å². The molecule has 0 atom stereocenters. The highest BCUT2D eigenvalue weighted by molar-refractivity contribution is 6.00. The molecule has 1 amide bonds. The third-order valence-corrected chi connectivity index (χ3v) is 3.76. The fourth-order valence-electron chi connectivity index (χ4n) is 2.62. The van der Waals surface area contributed by atoms with Crippen LogP contribution in [0.2, 0.25) is 0 Å². The molecule has 0 aliphatic heterocycles. The number of benzene rings is 1. The fraction of sp³-hybridized carbons (Fsp3) is 0.588. The number of nitrogens with zero attached hydrogens (tertiary/aromatic N) is 1. The van der Waals surface area contributed by atoms with E-state index in [4.69, 9.17) is 0 Å².